The minimum absolute atomic E-state index is 0.0106. The van der Waals surface area contributed by atoms with E-state index in [-0.39, 0.29) is 24.0 Å². The number of fused-ring (bicyclic) bond motifs is 1. The van der Waals surface area contributed by atoms with Crippen LogP contribution >= 0.6 is 0 Å². The minimum atomic E-state index is 0.0106. The molecule has 3 aliphatic rings. The molecule has 1 aromatic rings. The Morgan fingerprint density at radius 1 is 1.26 bits per heavy atom. The van der Waals surface area contributed by atoms with Crippen LogP contribution in [0.5, 0.6) is 0 Å². The standard InChI is InChI=1S/C17H23NO5/c19-17(13-3-6-21-9-13)18-7-16(14-10-22-11-15(14)18)23-8-12-1-4-20-5-2-12/h3,6,9,12,14-16H,1-2,4-5,7-8,10-11H2/t14-,15+,16-/m1/s1. The smallest absolute Gasteiger partial charge is 0.257 e. The zero-order valence-electron chi connectivity index (χ0n) is 13.2. The Hall–Kier alpha value is -1.37. The van der Waals surface area contributed by atoms with Crippen LogP contribution in [0.2, 0.25) is 0 Å². The second-order valence-corrected chi connectivity index (χ2v) is 6.67. The van der Waals surface area contributed by atoms with Crippen molar-refractivity contribution >= 4 is 5.91 Å². The fourth-order valence-corrected chi connectivity index (χ4v) is 3.83. The van der Waals surface area contributed by atoms with Crippen molar-refractivity contribution in [2.75, 3.05) is 39.6 Å². The van der Waals surface area contributed by atoms with Crippen LogP contribution in [-0.4, -0.2) is 62.5 Å². The van der Waals surface area contributed by atoms with Crippen LogP contribution in [0.4, 0.5) is 0 Å². The molecule has 1 amide bonds. The van der Waals surface area contributed by atoms with E-state index in [2.05, 4.69) is 0 Å². The average Bonchev–Trinajstić information content (AvgIpc) is 3.31. The monoisotopic (exact) mass is 321 g/mol. The van der Waals surface area contributed by atoms with E-state index < -0.39 is 0 Å². The highest BCUT2D eigenvalue weighted by molar-refractivity contribution is 5.94. The maximum atomic E-state index is 12.6. The van der Waals surface area contributed by atoms with E-state index in [1.165, 1.54) is 12.5 Å². The van der Waals surface area contributed by atoms with E-state index >= 15 is 0 Å². The zero-order valence-corrected chi connectivity index (χ0v) is 13.2. The van der Waals surface area contributed by atoms with Gasteiger partial charge in [0, 0.05) is 25.7 Å². The molecule has 0 aliphatic carbocycles. The third-order valence-electron chi connectivity index (χ3n) is 5.26. The Labute approximate surface area is 135 Å². The molecule has 0 aromatic carbocycles. The number of amides is 1. The number of likely N-dealkylation sites (tertiary alicyclic amines) is 1. The van der Waals surface area contributed by atoms with Crippen LogP contribution in [0.15, 0.2) is 23.0 Å². The van der Waals surface area contributed by atoms with Crippen molar-refractivity contribution in [2.24, 2.45) is 11.8 Å². The molecular weight excluding hydrogens is 298 g/mol. The van der Waals surface area contributed by atoms with Gasteiger partial charge in [0.1, 0.15) is 6.26 Å². The summed E-state index contributed by atoms with van der Waals surface area (Å²) >= 11 is 0. The number of carbonyl (C=O) groups excluding carboxylic acids is 1. The van der Waals surface area contributed by atoms with Crippen molar-refractivity contribution in [3.8, 4) is 0 Å². The van der Waals surface area contributed by atoms with Crippen molar-refractivity contribution in [1.29, 1.82) is 0 Å². The van der Waals surface area contributed by atoms with Gasteiger partial charge in [-0.3, -0.25) is 4.79 Å². The Morgan fingerprint density at radius 2 is 2.13 bits per heavy atom. The van der Waals surface area contributed by atoms with Gasteiger partial charge >= 0.3 is 0 Å². The summed E-state index contributed by atoms with van der Waals surface area (Å²) in [6.07, 6.45) is 5.24. The fraction of sp³-hybridized carbons (Fsp3) is 0.706. The second-order valence-electron chi connectivity index (χ2n) is 6.67. The SMILES string of the molecule is O=C(c1ccoc1)N1C[C@@H](OCC2CCOCC2)[C@@H]2COC[C@@H]21. The zero-order chi connectivity index (χ0) is 15.6. The molecule has 0 spiro atoms. The van der Waals surface area contributed by atoms with Crippen LogP contribution in [0.3, 0.4) is 0 Å². The number of carbonyl (C=O) groups is 1. The van der Waals surface area contributed by atoms with Gasteiger partial charge in [0.25, 0.3) is 5.91 Å². The van der Waals surface area contributed by atoms with E-state index in [1.807, 2.05) is 4.90 Å². The van der Waals surface area contributed by atoms with E-state index in [9.17, 15) is 4.79 Å². The maximum absolute atomic E-state index is 12.6. The molecule has 0 saturated carbocycles. The highest BCUT2D eigenvalue weighted by Crippen LogP contribution is 2.34. The number of ether oxygens (including phenoxy) is 3. The van der Waals surface area contributed by atoms with Crippen LogP contribution < -0.4 is 0 Å². The number of hydrogen-bond acceptors (Lipinski definition) is 5. The number of nitrogens with zero attached hydrogens (tertiary/aromatic N) is 1. The van der Waals surface area contributed by atoms with Gasteiger partial charge in [0.2, 0.25) is 0 Å². The van der Waals surface area contributed by atoms with Crippen LogP contribution in [-0.2, 0) is 14.2 Å². The lowest BCUT2D eigenvalue weighted by Crippen LogP contribution is -2.38. The Morgan fingerprint density at radius 3 is 2.91 bits per heavy atom. The summed E-state index contributed by atoms with van der Waals surface area (Å²) in [6, 6.07) is 1.83. The van der Waals surface area contributed by atoms with Crippen molar-refractivity contribution < 1.29 is 23.4 Å². The Bertz CT molecular complexity index is 525. The molecule has 6 heteroatoms. The Kier molecular flexibility index (Phi) is 4.37. The maximum Gasteiger partial charge on any atom is 0.257 e. The molecule has 3 saturated heterocycles. The number of rotatable bonds is 4. The number of furan rings is 1. The minimum Gasteiger partial charge on any atom is -0.472 e. The van der Waals surface area contributed by atoms with Crippen LogP contribution in [0.25, 0.3) is 0 Å². The molecule has 4 rings (SSSR count). The molecule has 23 heavy (non-hydrogen) atoms. The summed E-state index contributed by atoms with van der Waals surface area (Å²) in [6.45, 7) is 4.35. The quantitative estimate of drug-likeness (QED) is 0.842. The van der Waals surface area contributed by atoms with E-state index in [4.69, 9.17) is 18.6 Å². The predicted molar refractivity (Wildman–Crippen MR) is 81.1 cm³/mol. The average molecular weight is 321 g/mol. The van der Waals surface area contributed by atoms with Gasteiger partial charge in [-0.1, -0.05) is 0 Å². The van der Waals surface area contributed by atoms with Crippen molar-refractivity contribution in [2.45, 2.75) is 25.0 Å². The normalized spacial score (nSPS) is 31.5. The predicted octanol–water partition coefficient (Wildman–Crippen LogP) is 1.56. The molecule has 126 valence electrons. The fourth-order valence-electron chi connectivity index (χ4n) is 3.83. The van der Waals surface area contributed by atoms with Gasteiger partial charge in [0.15, 0.2) is 0 Å². The molecule has 1 aromatic heterocycles. The van der Waals surface area contributed by atoms with Gasteiger partial charge in [-0.15, -0.1) is 0 Å². The topological polar surface area (TPSA) is 61.1 Å². The van der Waals surface area contributed by atoms with Crippen molar-refractivity contribution in [3.63, 3.8) is 0 Å². The lowest BCUT2D eigenvalue weighted by Gasteiger charge is -2.25. The summed E-state index contributed by atoms with van der Waals surface area (Å²) in [5.41, 5.74) is 0.598. The molecule has 0 N–H and O–H groups in total. The summed E-state index contributed by atoms with van der Waals surface area (Å²) < 4.78 is 22.2. The highest BCUT2D eigenvalue weighted by Gasteiger charge is 2.48. The van der Waals surface area contributed by atoms with Gasteiger partial charge in [-0.05, 0) is 24.8 Å². The molecule has 3 atom stereocenters. The molecule has 3 aliphatic heterocycles. The molecule has 3 fully saturated rings. The summed E-state index contributed by atoms with van der Waals surface area (Å²) in [4.78, 5) is 14.5. The molecule has 4 heterocycles. The molecule has 0 radical (unpaired) electrons. The van der Waals surface area contributed by atoms with Crippen molar-refractivity contribution in [3.05, 3.63) is 24.2 Å². The van der Waals surface area contributed by atoms with Gasteiger partial charge in [-0.25, -0.2) is 0 Å². The highest BCUT2D eigenvalue weighted by atomic mass is 16.5. The molecule has 6 nitrogen and oxygen atoms in total. The Balaban J connectivity index is 1.39. The van der Waals surface area contributed by atoms with E-state index in [0.717, 1.165) is 32.7 Å². The lowest BCUT2D eigenvalue weighted by atomic mass is 10.00. The molecule has 0 unspecified atom stereocenters. The van der Waals surface area contributed by atoms with Crippen molar-refractivity contribution in [1.82, 2.24) is 4.90 Å². The van der Waals surface area contributed by atoms with Gasteiger partial charge in [0.05, 0.1) is 43.8 Å². The van der Waals surface area contributed by atoms with Gasteiger partial charge < -0.3 is 23.5 Å². The van der Waals surface area contributed by atoms with E-state index in [1.54, 1.807) is 6.07 Å². The van der Waals surface area contributed by atoms with Gasteiger partial charge in [-0.2, -0.15) is 0 Å². The third kappa shape index (κ3) is 3.03. The first kappa shape index (κ1) is 15.2. The first-order chi connectivity index (χ1) is 11.3. The summed E-state index contributed by atoms with van der Waals surface area (Å²) in [5.74, 6) is 0.866. The first-order valence-corrected chi connectivity index (χ1v) is 8.43. The number of hydrogen-bond donors (Lipinski definition) is 0. The van der Waals surface area contributed by atoms with Crippen LogP contribution in [0, 0.1) is 11.8 Å². The third-order valence-corrected chi connectivity index (χ3v) is 5.26. The summed E-state index contributed by atoms with van der Waals surface area (Å²) in [7, 11) is 0. The van der Waals surface area contributed by atoms with Crippen LogP contribution in [0.1, 0.15) is 23.2 Å². The first-order valence-electron chi connectivity index (χ1n) is 8.43. The molecular formula is C17H23NO5. The lowest BCUT2D eigenvalue weighted by molar-refractivity contribution is -0.0251. The summed E-state index contributed by atoms with van der Waals surface area (Å²) in [5, 5.41) is 0. The largest absolute Gasteiger partial charge is 0.472 e. The van der Waals surface area contributed by atoms with E-state index in [0.29, 0.717) is 31.2 Å². The second kappa shape index (κ2) is 6.63. The molecule has 0 bridgehead atoms.